The van der Waals surface area contributed by atoms with Crippen molar-refractivity contribution in [1.82, 2.24) is 5.32 Å². The van der Waals surface area contributed by atoms with Crippen LogP contribution in [-0.4, -0.2) is 7.05 Å². The second kappa shape index (κ2) is 6.26. The van der Waals surface area contributed by atoms with Crippen LogP contribution in [0.2, 0.25) is 10.0 Å². The summed E-state index contributed by atoms with van der Waals surface area (Å²) in [4.78, 5) is 0. The average molecular weight is 334 g/mol. The fourth-order valence-electron chi connectivity index (χ4n) is 2.10. The predicted molar refractivity (Wildman–Crippen MR) is 78.8 cm³/mol. The summed E-state index contributed by atoms with van der Waals surface area (Å²) < 4.78 is 37.8. The lowest BCUT2D eigenvalue weighted by Gasteiger charge is -2.19. The zero-order valence-corrected chi connectivity index (χ0v) is 12.5. The minimum Gasteiger partial charge on any atom is -0.309 e. The Morgan fingerprint density at radius 2 is 1.62 bits per heavy atom. The van der Waals surface area contributed by atoms with Crippen LogP contribution >= 0.6 is 23.2 Å². The van der Waals surface area contributed by atoms with Crippen molar-refractivity contribution in [2.75, 3.05) is 7.05 Å². The monoisotopic (exact) mass is 333 g/mol. The van der Waals surface area contributed by atoms with Crippen LogP contribution in [0, 0.1) is 0 Å². The van der Waals surface area contributed by atoms with Crippen molar-refractivity contribution < 1.29 is 13.2 Å². The number of benzene rings is 2. The van der Waals surface area contributed by atoms with Gasteiger partial charge in [0.15, 0.2) is 0 Å². The molecule has 0 aromatic heterocycles. The number of alkyl halides is 3. The standard InChI is InChI=1S/C15H12Cl2F3N/c1-21-14(12-8-11(16)6-7-13(12)17)9-2-4-10(5-3-9)15(18,19)20/h2-8,14,21H,1H3. The van der Waals surface area contributed by atoms with E-state index in [1.165, 1.54) is 12.1 Å². The Morgan fingerprint density at radius 1 is 1.00 bits per heavy atom. The maximum Gasteiger partial charge on any atom is 0.416 e. The lowest BCUT2D eigenvalue weighted by atomic mass is 9.97. The van der Waals surface area contributed by atoms with Crippen LogP contribution in [0.3, 0.4) is 0 Å². The molecular formula is C15H12Cl2F3N. The number of rotatable bonds is 3. The molecule has 0 saturated carbocycles. The number of nitrogens with one attached hydrogen (secondary N) is 1. The molecule has 0 spiro atoms. The highest BCUT2D eigenvalue weighted by atomic mass is 35.5. The summed E-state index contributed by atoms with van der Waals surface area (Å²) in [6.45, 7) is 0. The van der Waals surface area contributed by atoms with Crippen LogP contribution in [0.15, 0.2) is 42.5 Å². The molecular weight excluding hydrogens is 322 g/mol. The third-order valence-corrected chi connectivity index (χ3v) is 3.71. The van der Waals surface area contributed by atoms with E-state index in [1.807, 2.05) is 0 Å². The predicted octanol–water partition coefficient (Wildman–Crippen LogP) is 5.32. The van der Waals surface area contributed by atoms with Crippen LogP contribution in [-0.2, 0) is 6.18 Å². The van der Waals surface area contributed by atoms with Crippen molar-refractivity contribution in [1.29, 1.82) is 0 Å². The molecule has 1 nitrogen and oxygen atoms in total. The van der Waals surface area contributed by atoms with Gasteiger partial charge in [0.05, 0.1) is 11.6 Å². The third kappa shape index (κ3) is 3.70. The van der Waals surface area contributed by atoms with E-state index in [0.717, 1.165) is 12.1 Å². The van der Waals surface area contributed by atoms with Crippen molar-refractivity contribution in [2.24, 2.45) is 0 Å². The molecule has 0 amide bonds. The van der Waals surface area contributed by atoms with E-state index >= 15 is 0 Å². The number of hydrogen-bond acceptors (Lipinski definition) is 1. The van der Waals surface area contributed by atoms with Gasteiger partial charge in [-0.15, -0.1) is 0 Å². The molecule has 112 valence electrons. The summed E-state index contributed by atoms with van der Waals surface area (Å²) in [5.74, 6) is 0. The molecule has 1 unspecified atom stereocenters. The SMILES string of the molecule is CNC(c1ccc(C(F)(F)F)cc1)c1cc(Cl)ccc1Cl. The molecule has 0 bridgehead atoms. The molecule has 1 atom stereocenters. The summed E-state index contributed by atoms with van der Waals surface area (Å²) >= 11 is 12.1. The van der Waals surface area contributed by atoms with E-state index < -0.39 is 11.7 Å². The lowest BCUT2D eigenvalue weighted by Crippen LogP contribution is -2.18. The zero-order chi connectivity index (χ0) is 15.6. The van der Waals surface area contributed by atoms with Gasteiger partial charge in [-0.25, -0.2) is 0 Å². The van der Waals surface area contributed by atoms with Gasteiger partial charge in [0.2, 0.25) is 0 Å². The Morgan fingerprint density at radius 3 is 2.14 bits per heavy atom. The largest absolute Gasteiger partial charge is 0.416 e. The van der Waals surface area contributed by atoms with Gasteiger partial charge in [0.25, 0.3) is 0 Å². The molecule has 0 aliphatic carbocycles. The van der Waals surface area contributed by atoms with Gasteiger partial charge in [-0.1, -0.05) is 35.3 Å². The Hall–Kier alpha value is -1.23. The summed E-state index contributed by atoms with van der Waals surface area (Å²) in [6, 6.07) is 9.65. The Bertz CT molecular complexity index is 624. The van der Waals surface area contributed by atoms with E-state index in [1.54, 1.807) is 25.2 Å². The number of halogens is 5. The minimum absolute atomic E-state index is 0.335. The Balaban J connectivity index is 2.40. The fourth-order valence-corrected chi connectivity index (χ4v) is 2.51. The van der Waals surface area contributed by atoms with Crippen molar-refractivity contribution in [3.8, 4) is 0 Å². The lowest BCUT2D eigenvalue weighted by molar-refractivity contribution is -0.137. The van der Waals surface area contributed by atoms with Crippen LogP contribution in [0.5, 0.6) is 0 Å². The van der Waals surface area contributed by atoms with Crippen molar-refractivity contribution in [2.45, 2.75) is 12.2 Å². The molecule has 0 aliphatic heterocycles. The molecule has 0 saturated heterocycles. The van der Waals surface area contributed by atoms with E-state index in [2.05, 4.69) is 5.32 Å². The first-order chi connectivity index (χ1) is 9.82. The van der Waals surface area contributed by atoms with Gasteiger partial charge in [0.1, 0.15) is 0 Å². The highest BCUT2D eigenvalue weighted by Gasteiger charge is 2.30. The maximum absolute atomic E-state index is 12.6. The first-order valence-corrected chi connectivity index (χ1v) is 6.88. The van der Waals surface area contributed by atoms with E-state index in [0.29, 0.717) is 21.2 Å². The van der Waals surface area contributed by atoms with Gasteiger partial charge >= 0.3 is 6.18 Å². The molecule has 0 aliphatic rings. The molecule has 2 aromatic rings. The van der Waals surface area contributed by atoms with E-state index in [9.17, 15) is 13.2 Å². The molecule has 2 rings (SSSR count). The maximum atomic E-state index is 12.6. The molecule has 1 N–H and O–H groups in total. The molecule has 6 heteroatoms. The van der Waals surface area contributed by atoms with Crippen LogP contribution in [0.25, 0.3) is 0 Å². The van der Waals surface area contributed by atoms with E-state index in [-0.39, 0.29) is 6.04 Å². The first-order valence-electron chi connectivity index (χ1n) is 6.12. The average Bonchev–Trinajstić information content (AvgIpc) is 2.43. The molecule has 2 aromatic carbocycles. The smallest absolute Gasteiger partial charge is 0.309 e. The highest BCUT2D eigenvalue weighted by molar-refractivity contribution is 6.33. The topological polar surface area (TPSA) is 12.0 Å². The first kappa shape index (κ1) is 16.1. The number of hydrogen-bond donors (Lipinski definition) is 1. The highest BCUT2D eigenvalue weighted by Crippen LogP contribution is 2.33. The van der Waals surface area contributed by atoms with Crippen LogP contribution in [0.4, 0.5) is 13.2 Å². The fraction of sp³-hybridized carbons (Fsp3) is 0.200. The van der Waals surface area contributed by atoms with Gasteiger partial charge in [0, 0.05) is 10.0 Å². The molecule has 0 fully saturated rings. The normalized spacial score (nSPS) is 13.2. The molecule has 0 heterocycles. The van der Waals surface area contributed by atoms with Crippen LogP contribution in [0.1, 0.15) is 22.7 Å². The Kier molecular flexibility index (Phi) is 4.81. The van der Waals surface area contributed by atoms with Gasteiger partial charge in [-0.2, -0.15) is 13.2 Å². The van der Waals surface area contributed by atoms with Crippen molar-refractivity contribution in [3.05, 3.63) is 69.2 Å². The summed E-state index contributed by atoms with van der Waals surface area (Å²) in [5, 5.41) is 4.05. The van der Waals surface area contributed by atoms with Gasteiger partial charge in [-0.05, 0) is 48.5 Å². The summed E-state index contributed by atoms with van der Waals surface area (Å²) in [7, 11) is 1.71. The zero-order valence-electron chi connectivity index (χ0n) is 11.0. The molecule has 21 heavy (non-hydrogen) atoms. The quantitative estimate of drug-likeness (QED) is 0.801. The third-order valence-electron chi connectivity index (χ3n) is 3.13. The summed E-state index contributed by atoms with van der Waals surface area (Å²) in [5.41, 5.74) is 0.708. The van der Waals surface area contributed by atoms with E-state index in [4.69, 9.17) is 23.2 Å². The molecule has 0 radical (unpaired) electrons. The second-order valence-corrected chi connectivity index (χ2v) is 5.35. The van der Waals surface area contributed by atoms with Crippen LogP contribution < -0.4 is 5.32 Å². The second-order valence-electron chi connectivity index (χ2n) is 4.51. The van der Waals surface area contributed by atoms with Gasteiger partial charge < -0.3 is 5.32 Å². The summed E-state index contributed by atoms with van der Waals surface area (Å²) in [6.07, 6.45) is -4.35. The van der Waals surface area contributed by atoms with Crippen molar-refractivity contribution in [3.63, 3.8) is 0 Å². The Labute approximate surface area is 130 Å². The van der Waals surface area contributed by atoms with Gasteiger partial charge in [-0.3, -0.25) is 0 Å². The van der Waals surface area contributed by atoms with Crippen molar-refractivity contribution >= 4 is 23.2 Å². The minimum atomic E-state index is -4.35.